The number of amidine groups is 1. The van der Waals surface area contributed by atoms with Crippen LogP contribution in [-0.2, 0) is 6.61 Å². The van der Waals surface area contributed by atoms with Gasteiger partial charge in [0.2, 0.25) is 4.20 Å². The highest BCUT2D eigenvalue weighted by Crippen LogP contribution is 2.81. The maximum Gasteiger partial charge on any atom is 0.265 e. The Morgan fingerprint density at radius 2 is 1.61 bits per heavy atom. The molecule has 1 fully saturated rings. The van der Waals surface area contributed by atoms with Crippen molar-refractivity contribution in [1.82, 2.24) is 0 Å². The Morgan fingerprint density at radius 1 is 0.970 bits per heavy atom. The van der Waals surface area contributed by atoms with Crippen LogP contribution in [0.3, 0.4) is 0 Å². The van der Waals surface area contributed by atoms with Crippen LogP contribution in [0.1, 0.15) is 43.7 Å². The number of ether oxygens (including phenoxy) is 1. The highest BCUT2D eigenvalue weighted by Gasteiger charge is 2.95. The molecule has 0 saturated heterocycles. The molecule has 170 valence electrons. The van der Waals surface area contributed by atoms with Crippen molar-refractivity contribution in [3.05, 3.63) is 65.7 Å². The first-order chi connectivity index (χ1) is 16.0. The number of nitrogens with zero attached hydrogens (tertiary/aromatic N) is 2. The molecular formula is C26H29N4OS2+. The summed E-state index contributed by atoms with van der Waals surface area (Å²) in [7, 11) is 0. The van der Waals surface area contributed by atoms with Gasteiger partial charge in [0.15, 0.2) is 10.8 Å². The number of hydrogen-bond donors (Lipinski definition) is 2. The van der Waals surface area contributed by atoms with Crippen molar-refractivity contribution >= 4 is 29.4 Å². The van der Waals surface area contributed by atoms with E-state index in [0.29, 0.717) is 12.4 Å². The lowest BCUT2D eigenvalue weighted by molar-refractivity contribution is -0.492. The van der Waals surface area contributed by atoms with Crippen LogP contribution < -0.4 is 15.5 Å². The highest BCUT2D eigenvalue weighted by molar-refractivity contribution is 8.18. The van der Waals surface area contributed by atoms with Gasteiger partial charge in [-0.25, -0.2) is 0 Å². The molecule has 3 unspecified atom stereocenters. The Bertz CT molecular complexity index is 1100. The number of rotatable bonds is 10. The Hall–Kier alpha value is -2.61. The topological polar surface area (TPSA) is 96.8 Å². The zero-order chi connectivity index (χ0) is 23.5. The molecule has 0 aromatic heterocycles. The van der Waals surface area contributed by atoms with Crippen molar-refractivity contribution in [2.24, 2.45) is 16.6 Å². The molecule has 2 aliphatic rings. The third-order valence-electron chi connectivity index (χ3n) is 6.48. The quantitative estimate of drug-likeness (QED) is 0.506. The molecule has 3 N–H and O–H groups in total. The van der Waals surface area contributed by atoms with Crippen LogP contribution in [-0.4, -0.2) is 21.5 Å². The van der Waals surface area contributed by atoms with Crippen molar-refractivity contribution in [2.45, 2.75) is 43.4 Å². The number of hydrogen-bond acceptors (Lipinski definition) is 6. The first-order valence-corrected chi connectivity index (χ1v) is 13.3. The molecular weight excluding hydrogens is 448 g/mol. The summed E-state index contributed by atoms with van der Waals surface area (Å²) in [5, 5.41) is 20.9. The molecule has 2 aromatic rings. The second kappa shape index (κ2) is 9.33. The normalized spacial score (nSPS) is 26.5. The lowest BCUT2D eigenvalue weighted by atomic mass is 9.97. The molecule has 0 radical (unpaired) electrons. The van der Waals surface area contributed by atoms with Crippen molar-refractivity contribution in [2.75, 3.05) is 11.5 Å². The predicted molar refractivity (Wildman–Crippen MR) is 134 cm³/mol. The monoisotopic (exact) mass is 477 g/mol. The largest absolute Gasteiger partial charge is 0.489 e. The van der Waals surface area contributed by atoms with Gasteiger partial charge in [-0.05, 0) is 47.6 Å². The van der Waals surface area contributed by atoms with Gasteiger partial charge in [0, 0.05) is 5.92 Å². The number of thioether (sulfide) groups is 2. The average molecular weight is 478 g/mol. The summed E-state index contributed by atoms with van der Waals surface area (Å²) in [6, 6.07) is 22.9. The van der Waals surface area contributed by atoms with Gasteiger partial charge in [-0.1, -0.05) is 79.8 Å². The lowest BCUT2D eigenvalue weighted by Crippen LogP contribution is -2.86. The fourth-order valence-electron chi connectivity index (χ4n) is 4.94. The minimum atomic E-state index is -1.03. The summed E-state index contributed by atoms with van der Waals surface area (Å²) in [4.78, 5) is 3.42. The second-order valence-corrected chi connectivity index (χ2v) is 11.3. The van der Waals surface area contributed by atoms with E-state index in [2.05, 4.69) is 31.0 Å². The molecule has 4 rings (SSSR count). The van der Waals surface area contributed by atoms with Gasteiger partial charge in [0.1, 0.15) is 12.4 Å². The molecule has 1 saturated carbocycles. The minimum absolute atomic E-state index is 0.280. The molecule has 3 atom stereocenters. The summed E-state index contributed by atoms with van der Waals surface area (Å²) in [6.45, 7) is 4.74. The predicted octanol–water partition coefficient (Wildman–Crippen LogP) is 3.77. The van der Waals surface area contributed by atoms with Crippen LogP contribution in [0.25, 0.3) is 0 Å². The first-order valence-electron chi connectivity index (χ1n) is 11.3. The fourth-order valence-corrected chi connectivity index (χ4v) is 8.22. The van der Waals surface area contributed by atoms with Gasteiger partial charge in [-0.3, -0.25) is 10.7 Å². The molecule has 2 aromatic carbocycles. The molecule has 1 heterocycles. The van der Waals surface area contributed by atoms with Gasteiger partial charge < -0.3 is 4.74 Å². The van der Waals surface area contributed by atoms with E-state index in [1.165, 1.54) is 0 Å². The molecule has 0 spiro atoms. The fraction of sp³-hybridized carbons (Fsp3) is 0.423. The van der Waals surface area contributed by atoms with Crippen LogP contribution in [0.15, 0.2) is 54.6 Å². The standard InChI is InChI=1S/C26H28N4OS2/c1-3-14-32-26(33-15-4-2)25(18-28)22(24(25,17-27)23(29)30-26)20-10-12-21(13-11-20)31-16-19-8-6-5-7-9-19/h5-13,22H,3-4,14-16H2,1-2H3,(H2,29,30)/p+1. The van der Waals surface area contributed by atoms with Gasteiger partial charge >= 0.3 is 0 Å². The molecule has 0 amide bonds. The van der Waals surface area contributed by atoms with Crippen LogP contribution in [0.2, 0.25) is 0 Å². The smallest absolute Gasteiger partial charge is 0.265 e. The van der Waals surface area contributed by atoms with E-state index in [1.807, 2.05) is 54.6 Å². The van der Waals surface area contributed by atoms with Gasteiger partial charge in [0.25, 0.3) is 5.84 Å². The zero-order valence-electron chi connectivity index (χ0n) is 19.0. The molecule has 5 nitrogen and oxygen atoms in total. The van der Waals surface area contributed by atoms with Crippen LogP contribution >= 0.6 is 23.5 Å². The van der Waals surface area contributed by atoms with Crippen LogP contribution in [0.5, 0.6) is 5.75 Å². The highest BCUT2D eigenvalue weighted by atomic mass is 32.2. The lowest BCUT2D eigenvalue weighted by Gasteiger charge is -2.29. The molecule has 1 aliphatic carbocycles. The van der Waals surface area contributed by atoms with E-state index in [4.69, 9.17) is 10.5 Å². The maximum absolute atomic E-state index is 10.6. The first kappa shape index (κ1) is 23.5. The summed E-state index contributed by atoms with van der Waals surface area (Å²) in [6.07, 6.45) is 1.97. The maximum atomic E-state index is 10.6. The number of nitrogens with one attached hydrogen (secondary N) is 1. The van der Waals surface area contributed by atoms with Gasteiger partial charge in [-0.2, -0.15) is 10.5 Å². The minimum Gasteiger partial charge on any atom is -0.489 e. The number of nitrogens with two attached hydrogens (primary N) is 1. The van der Waals surface area contributed by atoms with E-state index in [9.17, 15) is 10.5 Å². The van der Waals surface area contributed by atoms with Crippen molar-refractivity contribution in [1.29, 1.82) is 10.5 Å². The Morgan fingerprint density at radius 3 is 2.15 bits per heavy atom. The summed E-state index contributed by atoms with van der Waals surface area (Å²) >= 11 is 3.44. The number of fused-ring (bicyclic) bond motifs is 1. The average Bonchev–Trinajstić information content (AvgIpc) is 3.44. The van der Waals surface area contributed by atoms with Crippen LogP contribution in [0.4, 0.5) is 0 Å². The molecule has 33 heavy (non-hydrogen) atoms. The molecule has 0 bridgehead atoms. The van der Waals surface area contributed by atoms with E-state index < -0.39 is 15.0 Å². The van der Waals surface area contributed by atoms with E-state index in [-0.39, 0.29) is 5.92 Å². The SMILES string of the molecule is CCCSC1(SCCC)[NH+]=C(N)C2(C#N)C(c3ccc(OCc4ccccc4)cc3)C12C#N. The summed E-state index contributed by atoms with van der Waals surface area (Å²) < 4.78 is 5.29. The molecule has 1 aliphatic heterocycles. The summed E-state index contributed by atoms with van der Waals surface area (Å²) in [5.74, 6) is 2.68. The molecule has 7 heteroatoms. The van der Waals surface area contributed by atoms with Crippen molar-refractivity contribution in [3.8, 4) is 17.9 Å². The second-order valence-electron chi connectivity index (χ2n) is 8.47. The third-order valence-corrected chi connectivity index (χ3v) is 10.1. The Kier molecular flexibility index (Phi) is 6.66. The van der Waals surface area contributed by atoms with Crippen molar-refractivity contribution in [3.63, 3.8) is 0 Å². The third kappa shape index (κ3) is 3.50. The van der Waals surface area contributed by atoms with Gasteiger partial charge in [0.05, 0.1) is 12.1 Å². The van der Waals surface area contributed by atoms with E-state index in [1.54, 1.807) is 23.5 Å². The van der Waals surface area contributed by atoms with E-state index in [0.717, 1.165) is 41.2 Å². The number of benzene rings is 2. The number of nitriles is 2. The Labute approximate surface area is 204 Å². The zero-order valence-corrected chi connectivity index (χ0v) is 20.6. The van der Waals surface area contributed by atoms with Crippen LogP contribution in [0, 0.1) is 33.5 Å². The van der Waals surface area contributed by atoms with E-state index >= 15 is 0 Å². The summed E-state index contributed by atoms with van der Waals surface area (Å²) in [5.41, 5.74) is 6.59. The van der Waals surface area contributed by atoms with Gasteiger partial charge in [-0.15, -0.1) is 0 Å². The Balaban J connectivity index is 1.64. The van der Waals surface area contributed by atoms with Crippen molar-refractivity contribution < 1.29 is 9.73 Å².